The standard InChI is InChI=1S/C21H16F4N4O2/c1-9-13(22)4-5-15-16(9)10(2)17(19(30)29-15)21(24,25)20(31)28-11(3)18-14(23)6-12(7-26)8-27-18/h4-6,8,11H,1-3H3,(H,28,31)(H,29,30)/t11-/m0/s1. The van der Waals surface area contributed by atoms with E-state index in [0.29, 0.717) is 0 Å². The van der Waals surface area contributed by atoms with Crippen molar-refractivity contribution in [1.82, 2.24) is 15.3 Å². The summed E-state index contributed by atoms with van der Waals surface area (Å²) in [6, 6.07) is 3.60. The quantitative estimate of drug-likeness (QED) is 0.615. The Kier molecular flexibility index (Phi) is 5.55. The summed E-state index contributed by atoms with van der Waals surface area (Å²) in [7, 11) is 0. The van der Waals surface area contributed by atoms with Crippen molar-refractivity contribution >= 4 is 16.8 Å². The van der Waals surface area contributed by atoms with Gasteiger partial charge < -0.3 is 10.3 Å². The number of aromatic nitrogens is 2. The zero-order valence-electron chi connectivity index (χ0n) is 16.6. The molecule has 31 heavy (non-hydrogen) atoms. The summed E-state index contributed by atoms with van der Waals surface area (Å²) in [5.41, 5.74) is -2.82. The van der Waals surface area contributed by atoms with E-state index in [1.165, 1.54) is 26.8 Å². The number of halogens is 4. The first-order chi connectivity index (χ1) is 14.5. The minimum Gasteiger partial charge on any atom is -0.342 e. The number of hydrogen-bond acceptors (Lipinski definition) is 4. The molecule has 2 N–H and O–H groups in total. The minimum atomic E-state index is -4.30. The van der Waals surface area contributed by atoms with Crippen molar-refractivity contribution in [1.29, 1.82) is 5.26 Å². The topological polar surface area (TPSA) is 98.6 Å². The Labute approximate surface area is 173 Å². The number of nitrogens with zero attached hydrogens (tertiary/aromatic N) is 2. The largest absolute Gasteiger partial charge is 0.355 e. The Morgan fingerprint density at radius 1 is 1.23 bits per heavy atom. The second-order valence-corrected chi connectivity index (χ2v) is 7.02. The molecule has 0 spiro atoms. The minimum absolute atomic E-state index is 0.0425. The molecule has 2 aromatic heterocycles. The number of pyridine rings is 2. The lowest BCUT2D eigenvalue weighted by Gasteiger charge is -2.22. The Hall–Kier alpha value is -3.74. The number of aromatic amines is 1. The number of hydrogen-bond donors (Lipinski definition) is 2. The lowest BCUT2D eigenvalue weighted by atomic mass is 9.96. The molecule has 3 aromatic rings. The highest BCUT2D eigenvalue weighted by Gasteiger charge is 2.45. The molecule has 0 aliphatic rings. The van der Waals surface area contributed by atoms with Crippen molar-refractivity contribution in [2.24, 2.45) is 0 Å². The number of fused-ring (bicyclic) bond motifs is 1. The van der Waals surface area contributed by atoms with E-state index in [9.17, 15) is 18.4 Å². The molecule has 0 saturated carbocycles. The summed E-state index contributed by atoms with van der Waals surface area (Å²) in [4.78, 5) is 30.7. The van der Waals surface area contributed by atoms with E-state index in [4.69, 9.17) is 5.26 Å². The second kappa shape index (κ2) is 7.83. The van der Waals surface area contributed by atoms with Gasteiger partial charge in [-0.25, -0.2) is 8.78 Å². The van der Waals surface area contributed by atoms with Crippen LogP contribution in [0.5, 0.6) is 0 Å². The first-order valence-electron chi connectivity index (χ1n) is 9.05. The predicted molar refractivity (Wildman–Crippen MR) is 103 cm³/mol. The van der Waals surface area contributed by atoms with Gasteiger partial charge in [-0.3, -0.25) is 14.6 Å². The van der Waals surface area contributed by atoms with Crippen molar-refractivity contribution in [3.8, 4) is 6.07 Å². The van der Waals surface area contributed by atoms with E-state index < -0.39 is 40.6 Å². The number of nitrogens with one attached hydrogen (secondary N) is 2. The number of carbonyl (C=O) groups is 1. The normalized spacial score (nSPS) is 12.5. The highest BCUT2D eigenvalue weighted by atomic mass is 19.3. The molecular weight excluding hydrogens is 416 g/mol. The summed E-state index contributed by atoms with van der Waals surface area (Å²) >= 11 is 0. The second-order valence-electron chi connectivity index (χ2n) is 7.02. The Morgan fingerprint density at radius 2 is 1.90 bits per heavy atom. The smallest absolute Gasteiger partial charge is 0.342 e. The van der Waals surface area contributed by atoms with Crippen LogP contribution in [0.25, 0.3) is 10.9 Å². The number of rotatable bonds is 4. The van der Waals surface area contributed by atoms with Gasteiger partial charge in [0, 0.05) is 17.1 Å². The van der Waals surface area contributed by atoms with E-state index in [1.54, 1.807) is 6.07 Å². The van der Waals surface area contributed by atoms with Crippen molar-refractivity contribution < 1.29 is 22.4 Å². The van der Waals surface area contributed by atoms with Crippen molar-refractivity contribution in [3.63, 3.8) is 0 Å². The fourth-order valence-corrected chi connectivity index (χ4v) is 3.43. The number of carbonyl (C=O) groups excluding carboxylic acids is 1. The van der Waals surface area contributed by atoms with Gasteiger partial charge in [0.05, 0.1) is 22.9 Å². The molecule has 0 radical (unpaired) electrons. The summed E-state index contributed by atoms with van der Waals surface area (Å²) in [6.07, 6.45) is 1.04. The van der Waals surface area contributed by atoms with Crippen LogP contribution in [-0.4, -0.2) is 15.9 Å². The molecule has 0 saturated heterocycles. The van der Waals surface area contributed by atoms with Gasteiger partial charge in [-0.15, -0.1) is 0 Å². The number of amides is 1. The van der Waals surface area contributed by atoms with Crippen LogP contribution < -0.4 is 10.9 Å². The van der Waals surface area contributed by atoms with Crippen molar-refractivity contribution in [3.05, 3.63) is 74.3 Å². The van der Waals surface area contributed by atoms with Gasteiger partial charge in [-0.2, -0.15) is 14.0 Å². The number of nitriles is 1. The average Bonchev–Trinajstić information content (AvgIpc) is 2.69. The third kappa shape index (κ3) is 3.74. The van der Waals surface area contributed by atoms with Crippen LogP contribution in [-0.2, 0) is 10.7 Å². The van der Waals surface area contributed by atoms with E-state index >= 15 is 8.78 Å². The molecule has 0 aliphatic carbocycles. The summed E-state index contributed by atoms with van der Waals surface area (Å²) < 4.78 is 58.1. The number of alkyl halides is 2. The molecule has 1 aromatic carbocycles. The monoisotopic (exact) mass is 432 g/mol. The molecule has 6 nitrogen and oxygen atoms in total. The fraction of sp³-hybridized carbons (Fsp3) is 0.238. The van der Waals surface area contributed by atoms with Crippen LogP contribution in [0, 0.1) is 36.8 Å². The molecule has 10 heteroatoms. The maximum absolute atomic E-state index is 15.0. The maximum atomic E-state index is 15.0. The third-order valence-electron chi connectivity index (χ3n) is 4.98. The summed E-state index contributed by atoms with van der Waals surface area (Å²) in [6.45, 7) is 3.79. The van der Waals surface area contributed by atoms with Crippen LogP contribution in [0.1, 0.15) is 40.9 Å². The molecule has 0 bridgehead atoms. The first-order valence-corrected chi connectivity index (χ1v) is 9.05. The molecule has 0 unspecified atom stereocenters. The molecule has 160 valence electrons. The highest BCUT2D eigenvalue weighted by molar-refractivity contribution is 5.90. The van der Waals surface area contributed by atoms with E-state index in [0.717, 1.165) is 18.3 Å². The highest BCUT2D eigenvalue weighted by Crippen LogP contribution is 2.33. The predicted octanol–water partition coefficient (Wildman–Crippen LogP) is 3.66. The molecule has 1 atom stereocenters. The lowest BCUT2D eigenvalue weighted by Crippen LogP contribution is -2.43. The fourth-order valence-electron chi connectivity index (χ4n) is 3.43. The summed E-state index contributed by atoms with van der Waals surface area (Å²) in [5.74, 6) is -7.77. The zero-order valence-corrected chi connectivity index (χ0v) is 16.6. The van der Waals surface area contributed by atoms with Gasteiger partial charge in [-0.05, 0) is 50.1 Å². The molecular formula is C21H16F4N4O2. The SMILES string of the molecule is Cc1c(F)ccc2[nH]c(=O)c(C(F)(F)C(=O)N[C@@H](C)c3ncc(C#N)cc3F)c(C)c12. The third-order valence-corrected chi connectivity index (χ3v) is 4.98. The van der Waals surface area contributed by atoms with Crippen molar-refractivity contribution in [2.45, 2.75) is 32.7 Å². The molecule has 0 fully saturated rings. The average molecular weight is 432 g/mol. The Balaban J connectivity index is 2.02. The summed E-state index contributed by atoms with van der Waals surface area (Å²) in [5, 5.41) is 10.8. The van der Waals surface area contributed by atoms with Crippen LogP contribution in [0.2, 0.25) is 0 Å². The Bertz CT molecular complexity index is 1310. The number of aryl methyl sites for hydroxylation is 2. The molecule has 3 rings (SSSR count). The van der Waals surface area contributed by atoms with Gasteiger partial charge in [0.2, 0.25) is 0 Å². The number of benzene rings is 1. The lowest BCUT2D eigenvalue weighted by molar-refractivity contribution is -0.148. The van der Waals surface area contributed by atoms with Gasteiger partial charge in [0.25, 0.3) is 11.5 Å². The molecule has 2 heterocycles. The van der Waals surface area contributed by atoms with Crippen LogP contribution in [0.3, 0.4) is 0 Å². The van der Waals surface area contributed by atoms with Crippen LogP contribution >= 0.6 is 0 Å². The van der Waals surface area contributed by atoms with Crippen molar-refractivity contribution in [2.75, 3.05) is 0 Å². The molecule has 0 aliphatic heterocycles. The van der Waals surface area contributed by atoms with Crippen LogP contribution in [0.15, 0.2) is 29.2 Å². The van der Waals surface area contributed by atoms with Gasteiger partial charge in [0.1, 0.15) is 17.7 Å². The van der Waals surface area contributed by atoms with Gasteiger partial charge in [-0.1, -0.05) is 0 Å². The Morgan fingerprint density at radius 3 is 2.52 bits per heavy atom. The van der Waals surface area contributed by atoms with E-state index in [1.807, 2.05) is 5.32 Å². The van der Waals surface area contributed by atoms with Gasteiger partial charge >= 0.3 is 5.92 Å². The maximum Gasteiger partial charge on any atom is 0.355 e. The molecule has 1 amide bonds. The van der Waals surface area contributed by atoms with Gasteiger partial charge in [0.15, 0.2) is 0 Å². The van der Waals surface area contributed by atoms with E-state index in [-0.39, 0.29) is 33.3 Å². The number of H-pyrrole nitrogens is 1. The van der Waals surface area contributed by atoms with Crippen LogP contribution in [0.4, 0.5) is 17.6 Å². The first kappa shape index (κ1) is 22.0. The zero-order chi connectivity index (χ0) is 23.1. The van der Waals surface area contributed by atoms with E-state index in [2.05, 4.69) is 9.97 Å².